The Morgan fingerprint density at radius 2 is 1.92 bits per heavy atom. The number of anilines is 1. The van der Waals surface area contributed by atoms with Crippen LogP contribution in [0.5, 0.6) is 0 Å². The number of aryl methyl sites for hydroxylation is 1. The first kappa shape index (κ1) is 16.7. The van der Waals surface area contributed by atoms with Gasteiger partial charge in [0.2, 0.25) is 0 Å². The minimum absolute atomic E-state index is 0.633. The summed E-state index contributed by atoms with van der Waals surface area (Å²) in [5.41, 5.74) is 3.47. The molecule has 0 unspecified atom stereocenters. The lowest BCUT2D eigenvalue weighted by Gasteiger charge is -2.23. The number of furan rings is 1. The Bertz CT molecular complexity index is 832. The quantitative estimate of drug-likeness (QED) is 0.721. The van der Waals surface area contributed by atoms with Crippen molar-refractivity contribution in [1.82, 2.24) is 19.9 Å². The molecule has 4 rings (SSSR count). The van der Waals surface area contributed by atoms with Crippen LogP contribution in [0.15, 0.2) is 53.5 Å². The third-order valence-electron chi connectivity index (χ3n) is 4.69. The van der Waals surface area contributed by atoms with Crippen molar-refractivity contribution in [2.75, 3.05) is 31.1 Å². The van der Waals surface area contributed by atoms with Crippen molar-refractivity contribution in [2.45, 2.75) is 19.9 Å². The second-order valence-electron chi connectivity index (χ2n) is 6.66. The van der Waals surface area contributed by atoms with E-state index in [1.807, 2.05) is 37.6 Å². The van der Waals surface area contributed by atoms with Crippen LogP contribution in [0.3, 0.4) is 0 Å². The summed E-state index contributed by atoms with van der Waals surface area (Å²) in [6, 6.07) is 7.99. The number of aromatic nitrogens is 3. The third kappa shape index (κ3) is 3.91. The molecular weight excluding hydrogens is 326 g/mol. The zero-order chi connectivity index (χ0) is 17.8. The molecule has 26 heavy (non-hydrogen) atoms. The van der Waals surface area contributed by atoms with Crippen LogP contribution in [0.4, 0.5) is 5.69 Å². The monoisotopic (exact) mass is 349 g/mol. The first-order chi connectivity index (χ1) is 12.8. The summed E-state index contributed by atoms with van der Waals surface area (Å²) >= 11 is 0. The van der Waals surface area contributed by atoms with E-state index in [2.05, 4.69) is 36.9 Å². The maximum Gasteiger partial charge on any atom is 0.195 e. The maximum atomic E-state index is 5.34. The molecule has 0 aliphatic carbocycles. The maximum absolute atomic E-state index is 5.34. The van der Waals surface area contributed by atoms with Crippen LogP contribution in [0.1, 0.15) is 17.7 Å². The van der Waals surface area contributed by atoms with Gasteiger partial charge < -0.3 is 9.32 Å². The molecule has 4 heterocycles. The van der Waals surface area contributed by atoms with Gasteiger partial charge >= 0.3 is 0 Å². The molecule has 0 saturated carbocycles. The lowest BCUT2D eigenvalue weighted by molar-refractivity contribution is 0.285. The molecule has 0 aromatic carbocycles. The lowest BCUT2D eigenvalue weighted by Crippen LogP contribution is -2.30. The SMILES string of the molecule is Cc1cc(N2CCCN(Cc3cnc(-c4ccco4)nc3)CC2)ccn1. The van der Waals surface area contributed by atoms with Crippen LogP contribution < -0.4 is 4.90 Å². The topological polar surface area (TPSA) is 58.3 Å². The fourth-order valence-electron chi connectivity index (χ4n) is 3.34. The molecular formula is C20H23N5O. The summed E-state index contributed by atoms with van der Waals surface area (Å²) in [5, 5.41) is 0. The molecule has 0 spiro atoms. The summed E-state index contributed by atoms with van der Waals surface area (Å²) in [6.07, 6.45) is 8.48. The van der Waals surface area contributed by atoms with Gasteiger partial charge in [0, 0.05) is 68.3 Å². The Balaban J connectivity index is 1.37. The second kappa shape index (κ2) is 7.66. The van der Waals surface area contributed by atoms with Gasteiger partial charge in [0.1, 0.15) is 0 Å². The van der Waals surface area contributed by atoms with Gasteiger partial charge in [0.05, 0.1) is 6.26 Å². The van der Waals surface area contributed by atoms with Crippen LogP contribution in [-0.4, -0.2) is 46.0 Å². The van der Waals surface area contributed by atoms with Crippen LogP contribution in [-0.2, 0) is 6.54 Å². The highest BCUT2D eigenvalue weighted by Crippen LogP contribution is 2.18. The molecule has 0 atom stereocenters. The third-order valence-corrected chi connectivity index (χ3v) is 4.69. The van der Waals surface area contributed by atoms with E-state index >= 15 is 0 Å². The smallest absolute Gasteiger partial charge is 0.195 e. The van der Waals surface area contributed by atoms with Crippen molar-refractivity contribution in [1.29, 1.82) is 0 Å². The van der Waals surface area contributed by atoms with Gasteiger partial charge in [-0.05, 0) is 37.6 Å². The number of nitrogens with zero attached hydrogens (tertiary/aromatic N) is 5. The van der Waals surface area contributed by atoms with Gasteiger partial charge in [-0.25, -0.2) is 9.97 Å². The molecule has 0 N–H and O–H groups in total. The summed E-state index contributed by atoms with van der Waals surface area (Å²) in [4.78, 5) is 18.1. The highest BCUT2D eigenvalue weighted by atomic mass is 16.3. The number of rotatable bonds is 4. The highest BCUT2D eigenvalue weighted by Gasteiger charge is 2.16. The zero-order valence-electron chi connectivity index (χ0n) is 15.0. The van der Waals surface area contributed by atoms with Gasteiger partial charge in [-0.15, -0.1) is 0 Å². The van der Waals surface area contributed by atoms with E-state index in [-0.39, 0.29) is 0 Å². The molecule has 1 aliphatic heterocycles. The van der Waals surface area contributed by atoms with Gasteiger partial charge in [-0.1, -0.05) is 0 Å². The van der Waals surface area contributed by atoms with Crippen molar-refractivity contribution in [2.24, 2.45) is 0 Å². The largest absolute Gasteiger partial charge is 0.461 e. The zero-order valence-corrected chi connectivity index (χ0v) is 15.0. The normalized spacial score (nSPS) is 15.8. The fourth-order valence-corrected chi connectivity index (χ4v) is 3.34. The summed E-state index contributed by atoms with van der Waals surface area (Å²) in [7, 11) is 0. The van der Waals surface area contributed by atoms with E-state index in [1.54, 1.807) is 6.26 Å². The van der Waals surface area contributed by atoms with Crippen molar-refractivity contribution < 1.29 is 4.42 Å². The molecule has 1 fully saturated rings. The van der Waals surface area contributed by atoms with E-state index < -0.39 is 0 Å². The Morgan fingerprint density at radius 1 is 1.04 bits per heavy atom. The van der Waals surface area contributed by atoms with Crippen LogP contribution >= 0.6 is 0 Å². The molecule has 6 heteroatoms. The van der Waals surface area contributed by atoms with Gasteiger partial charge in [-0.2, -0.15) is 0 Å². The molecule has 6 nitrogen and oxygen atoms in total. The van der Waals surface area contributed by atoms with Crippen molar-refractivity contribution in [3.63, 3.8) is 0 Å². The first-order valence-corrected chi connectivity index (χ1v) is 9.03. The van der Waals surface area contributed by atoms with E-state index in [1.165, 1.54) is 5.69 Å². The molecule has 0 amide bonds. The van der Waals surface area contributed by atoms with Crippen LogP contribution in [0, 0.1) is 6.92 Å². The van der Waals surface area contributed by atoms with Crippen LogP contribution in [0.25, 0.3) is 11.6 Å². The average molecular weight is 349 g/mol. The van der Waals surface area contributed by atoms with Crippen molar-refractivity contribution in [3.05, 3.63) is 60.4 Å². The summed E-state index contributed by atoms with van der Waals surface area (Å²) < 4.78 is 5.34. The molecule has 0 bridgehead atoms. The fraction of sp³-hybridized carbons (Fsp3) is 0.350. The van der Waals surface area contributed by atoms with Gasteiger partial charge in [0.25, 0.3) is 0 Å². The van der Waals surface area contributed by atoms with Crippen molar-refractivity contribution in [3.8, 4) is 11.6 Å². The number of hydrogen-bond donors (Lipinski definition) is 0. The van der Waals surface area contributed by atoms with E-state index in [0.717, 1.165) is 50.4 Å². The Labute approximate surface area is 153 Å². The number of hydrogen-bond acceptors (Lipinski definition) is 6. The Kier molecular flexibility index (Phi) is 4.93. The minimum Gasteiger partial charge on any atom is -0.461 e. The number of pyridine rings is 1. The lowest BCUT2D eigenvalue weighted by atomic mass is 10.3. The second-order valence-corrected chi connectivity index (χ2v) is 6.66. The highest BCUT2D eigenvalue weighted by molar-refractivity contribution is 5.47. The van der Waals surface area contributed by atoms with E-state index in [0.29, 0.717) is 11.6 Å². The predicted molar refractivity (Wildman–Crippen MR) is 101 cm³/mol. The van der Waals surface area contributed by atoms with Crippen LogP contribution in [0.2, 0.25) is 0 Å². The van der Waals surface area contributed by atoms with Gasteiger partial charge in [-0.3, -0.25) is 9.88 Å². The molecule has 3 aromatic rings. The van der Waals surface area contributed by atoms with Gasteiger partial charge in [0.15, 0.2) is 11.6 Å². The molecule has 1 saturated heterocycles. The molecule has 1 aliphatic rings. The first-order valence-electron chi connectivity index (χ1n) is 9.03. The Morgan fingerprint density at radius 3 is 2.69 bits per heavy atom. The molecule has 3 aromatic heterocycles. The molecule has 0 radical (unpaired) electrons. The average Bonchev–Trinajstić information content (AvgIpc) is 3.10. The summed E-state index contributed by atoms with van der Waals surface area (Å²) in [5.74, 6) is 1.34. The van der Waals surface area contributed by atoms with E-state index in [9.17, 15) is 0 Å². The predicted octanol–water partition coefficient (Wildman–Crippen LogP) is 3.15. The standard InChI is InChI=1S/C20H23N5O/c1-16-12-18(5-6-21-16)25-8-3-7-24(9-10-25)15-17-13-22-20(23-14-17)19-4-2-11-26-19/h2,4-6,11-14H,3,7-10,15H2,1H3. The van der Waals surface area contributed by atoms with Crippen molar-refractivity contribution >= 4 is 5.69 Å². The van der Waals surface area contributed by atoms with E-state index in [4.69, 9.17) is 4.42 Å². The Hall–Kier alpha value is -2.73. The molecule has 134 valence electrons. The summed E-state index contributed by atoms with van der Waals surface area (Å²) in [6.45, 7) is 7.13. The minimum atomic E-state index is 0.633.